The van der Waals surface area contributed by atoms with Gasteiger partial charge in [0.2, 0.25) is 5.91 Å². The highest BCUT2D eigenvalue weighted by Gasteiger charge is 2.29. The van der Waals surface area contributed by atoms with Crippen LogP contribution in [-0.4, -0.2) is 78.7 Å². The Kier molecular flexibility index (Phi) is 7.81. The lowest BCUT2D eigenvalue weighted by atomic mass is 9.93. The molecule has 0 aliphatic carbocycles. The number of hydrogen-bond donors (Lipinski definition) is 2. The van der Waals surface area contributed by atoms with Gasteiger partial charge >= 0.3 is 6.09 Å². The maximum atomic E-state index is 13.0. The minimum Gasteiger partial charge on any atom is -0.444 e. The van der Waals surface area contributed by atoms with E-state index in [1.54, 1.807) is 38.9 Å². The molecular weight excluding hydrogens is 570 g/mol. The second-order valence-electron chi connectivity index (χ2n) is 12.7. The monoisotopic (exact) mass is 609 g/mol. The van der Waals surface area contributed by atoms with E-state index in [-0.39, 0.29) is 18.4 Å². The minimum absolute atomic E-state index is 0.0338. The van der Waals surface area contributed by atoms with Gasteiger partial charge in [-0.05, 0) is 62.9 Å². The normalized spacial score (nSPS) is 14.3. The lowest BCUT2D eigenvalue weighted by Gasteiger charge is -2.33. The number of piperidine rings is 1. The van der Waals surface area contributed by atoms with Crippen LogP contribution >= 0.6 is 0 Å². The standard InChI is InChI=1S/C33H39N9O3/c1-33(2,3)45-32(44)39(4)20-29(43)40-14-12-22(13-15-40)28-17-25(30-26(34)18-36-38-42(28)30)23-10-11-24-27(16-23)37-41(31(24)35)19-21-8-6-5-7-9-21/h5-11,16-18,22H,12-15,19-20,34-35H2,1-4H3. The largest absolute Gasteiger partial charge is 0.444 e. The third-order valence-electron chi connectivity index (χ3n) is 8.22. The van der Waals surface area contributed by atoms with Crippen LogP contribution in [0.1, 0.15) is 50.8 Å². The number of carbonyl (C=O) groups excluding carboxylic acids is 2. The van der Waals surface area contributed by atoms with Gasteiger partial charge < -0.3 is 26.0 Å². The number of carbonyl (C=O) groups is 2. The number of likely N-dealkylation sites (N-methyl/N-ethyl adjacent to an activating group) is 1. The molecule has 0 radical (unpaired) electrons. The van der Waals surface area contributed by atoms with Crippen molar-refractivity contribution in [3.63, 3.8) is 0 Å². The Morgan fingerprint density at radius 1 is 1.04 bits per heavy atom. The summed E-state index contributed by atoms with van der Waals surface area (Å²) >= 11 is 0. The van der Waals surface area contributed by atoms with Crippen LogP contribution in [0.15, 0.2) is 60.8 Å². The van der Waals surface area contributed by atoms with Gasteiger partial charge in [0.25, 0.3) is 0 Å². The van der Waals surface area contributed by atoms with Crippen molar-refractivity contribution in [2.75, 3.05) is 38.1 Å². The quantitative estimate of drug-likeness (QED) is 0.285. The number of likely N-dealkylation sites (tertiary alicyclic amines) is 1. The number of rotatable bonds is 6. The van der Waals surface area contributed by atoms with Crippen molar-refractivity contribution in [2.45, 2.75) is 51.7 Å². The molecule has 12 heteroatoms. The van der Waals surface area contributed by atoms with Gasteiger partial charge in [0.05, 0.1) is 29.5 Å². The molecular formula is C33H39N9O3. The topological polar surface area (TPSA) is 150 Å². The number of fused-ring (bicyclic) bond motifs is 2. The Hall–Kier alpha value is -5.13. The van der Waals surface area contributed by atoms with E-state index in [4.69, 9.17) is 21.3 Å². The molecule has 6 rings (SSSR count). The van der Waals surface area contributed by atoms with Crippen molar-refractivity contribution >= 4 is 39.9 Å². The highest BCUT2D eigenvalue weighted by atomic mass is 16.6. The van der Waals surface area contributed by atoms with Crippen molar-refractivity contribution in [2.24, 2.45) is 0 Å². The predicted molar refractivity (Wildman–Crippen MR) is 174 cm³/mol. The fraction of sp³-hybridized carbons (Fsp3) is 0.364. The molecule has 1 saturated heterocycles. The van der Waals surface area contributed by atoms with Crippen molar-refractivity contribution in [1.82, 2.24) is 34.4 Å². The Labute approximate surface area is 261 Å². The molecule has 234 valence electrons. The third-order valence-corrected chi connectivity index (χ3v) is 8.22. The molecule has 2 amide bonds. The first-order valence-electron chi connectivity index (χ1n) is 15.1. The molecule has 0 bridgehead atoms. The lowest BCUT2D eigenvalue weighted by Crippen LogP contribution is -2.45. The molecule has 4 N–H and O–H groups in total. The van der Waals surface area contributed by atoms with Crippen LogP contribution in [0.5, 0.6) is 0 Å². The molecule has 0 unspecified atom stereocenters. The number of hydrogen-bond acceptors (Lipinski definition) is 8. The van der Waals surface area contributed by atoms with Gasteiger partial charge in [-0.1, -0.05) is 41.6 Å². The Bertz CT molecular complexity index is 1870. The Morgan fingerprint density at radius 3 is 2.49 bits per heavy atom. The number of nitrogens with zero attached hydrogens (tertiary/aromatic N) is 7. The summed E-state index contributed by atoms with van der Waals surface area (Å²) in [6, 6.07) is 18.3. The third kappa shape index (κ3) is 6.13. The summed E-state index contributed by atoms with van der Waals surface area (Å²) in [6.07, 6.45) is 2.53. The van der Waals surface area contributed by atoms with E-state index in [0.29, 0.717) is 31.1 Å². The zero-order valence-corrected chi connectivity index (χ0v) is 26.1. The van der Waals surface area contributed by atoms with E-state index < -0.39 is 11.7 Å². The van der Waals surface area contributed by atoms with Crippen molar-refractivity contribution in [3.05, 3.63) is 72.1 Å². The molecule has 1 aliphatic rings. The first kappa shape index (κ1) is 29.9. The molecule has 3 aromatic heterocycles. The van der Waals surface area contributed by atoms with E-state index in [1.165, 1.54) is 4.90 Å². The predicted octanol–water partition coefficient (Wildman–Crippen LogP) is 4.53. The molecule has 45 heavy (non-hydrogen) atoms. The second-order valence-corrected chi connectivity index (χ2v) is 12.7. The van der Waals surface area contributed by atoms with Crippen LogP contribution in [-0.2, 0) is 16.1 Å². The van der Waals surface area contributed by atoms with Gasteiger partial charge in [-0.3, -0.25) is 4.79 Å². The average Bonchev–Trinajstić information content (AvgIpc) is 3.55. The molecule has 4 heterocycles. The molecule has 1 aliphatic heterocycles. The molecule has 12 nitrogen and oxygen atoms in total. The van der Waals surface area contributed by atoms with Crippen LogP contribution in [0.25, 0.3) is 27.5 Å². The van der Waals surface area contributed by atoms with Crippen molar-refractivity contribution in [3.8, 4) is 11.1 Å². The van der Waals surface area contributed by atoms with Crippen LogP contribution in [0, 0.1) is 0 Å². The second kappa shape index (κ2) is 11.8. The lowest BCUT2D eigenvalue weighted by molar-refractivity contribution is -0.133. The van der Waals surface area contributed by atoms with E-state index in [0.717, 1.165) is 51.6 Å². The molecule has 2 aromatic carbocycles. The fourth-order valence-corrected chi connectivity index (χ4v) is 5.94. The van der Waals surface area contributed by atoms with Crippen LogP contribution in [0.3, 0.4) is 0 Å². The van der Waals surface area contributed by atoms with Crippen LogP contribution in [0.2, 0.25) is 0 Å². The SMILES string of the molecule is CN(CC(=O)N1CCC(c2cc(-c3ccc4c(N)n(Cc5ccccc5)nc4c3)c3c(N)cnnn23)CC1)C(=O)OC(C)(C)C. The molecule has 0 spiro atoms. The zero-order chi connectivity index (χ0) is 31.9. The highest BCUT2D eigenvalue weighted by molar-refractivity contribution is 5.96. The van der Waals surface area contributed by atoms with Gasteiger partial charge in [-0.2, -0.15) is 5.10 Å². The smallest absolute Gasteiger partial charge is 0.410 e. The Morgan fingerprint density at radius 2 is 1.78 bits per heavy atom. The first-order valence-corrected chi connectivity index (χ1v) is 15.1. The Balaban J connectivity index is 1.22. The number of ether oxygens (including phenoxy) is 1. The van der Waals surface area contributed by atoms with Gasteiger partial charge in [0.15, 0.2) is 0 Å². The summed E-state index contributed by atoms with van der Waals surface area (Å²) in [4.78, 5) is 28.5. The summed E-state index contributed by atoms with van der Waals surface area (Å²) in [5.41, 5.74) is 18.5. The van der Waals surface area contributed by atoms with E-state index in [1.807, 2.05) is 45.6 Å². The number of nitrogen functional groups attached to an aromatic ring is 2. The minimum atomic E-state index is -0.624. The summed E-state index contributed by atoms with van der Waals surface area (Å²) in [6.45, 7) is 7.07. The number of aromatic nitrogens is 5. The number of anilines is 2. The van der Waals surface area contributed by atoms with E-state index in [9.17, 15) is 9.59 Å². The van der Waals surface area contributed by atoms with Crippen molar-refractivity contribution in [1.29, 1.82) is 0 Å². The first-order chi connectivity index (χ1) is 21.5. The van der Waals surface area contributed by atoms with Gasteiger partial charge in [-0.15, -0.1) is 5.10 Å². The van der Waals surface area contributed by atoms with Crippen molar-refractivity contribution < 1.29 is 14.3 Å². The summed E-state index contributed by atoms with van der Waals surface area (Å²) in [5.74, 6) is 0.650. The van der Waals surface area contributed by atoms with Gasteiger partial charge in [0, 0.05) is 42.7 Å². The number of nitrogens with two attached hydrogens (primary N) is 2. The van der Waals surface area contributed by atoms with Gasteiger partial charge in [-0.25, -0.2) is 14.0 Å². The molecule has 0 saturated carbocycles. The zero-order valence-electron chi connectivity index (χ0n) is 26.1. The average molecular weight is 610 g/mol. The maximum absolute atomic E-state index is 13.0. The van der Waals surface area contributed by atoms with E-state index >= 15 is 0 Å². The van der Waals surface area contributed by atoms with E-state index in [2.05, 4.69) is 28.5 Å². The summed E-state index contributed by atoms with van der Waals surface area (Å²) in [7, 11) is 1.58. The number of amides is 2. The number of benzene rings is 2. The summed E-state index contributed by atoms with van der Waals surface area (Å²) < 4.78 is 9.04. The van der Waals surface area contributed by atoms with Gasteiger partial charge in [0.1, 0.15) is 18.0 Å². The van der Waals surface area contributed by atoms with Crippen LogP contribution < -0.4 is 11.5 Å². The molecule has 0 atom stereocenters. The molecule has 1 fully saturated rings. The molecule has 5 aromatic rings. The van der Waals surface area contributed by atoms with Crippen LogP contribution in [0.4, 0.5) is 16.3 Å². The summed E-state index contributed by atoms with van der Waals surface area (Å²) in [5, 5.41) is 14.3. The fourth-order valence-electron chi connectivity index (χ4n) is 5.94. The highest BCUT2D eigenvalue weighted by Crippen LogP contribution is 2.38. The maximum Gasteiger partial charge on any atom is 0.410 e.